The van der Waals surface area contributed by atoms with Gasteiger partial charge in [-0.2, -0.15) is 0 Å². The molecule has 4 aromatic rings. The Morgan fingerprint density at radius 1 is 0.795 bits per heavy atom. The Kier molecular flexibility index (Phi) is 8.96. The monoisotopic (exact) mass is 612 g/mol. The summed E-state index contributed by atoms with van der Waals surface area (Å²) in [5.41, 5.74) is 3.36. The Balaban J connectivity index is 1.09. The van der Waals surface area contributed by atoms with Crippen molar-refractivity contribution in [3.05, 3.63) is 71.8 Å². The lowest BCUT2D eigenvalue weighted by atomic mass is 9.91. The normalized spacial score (nSPS) is 21.3. The fraction of sp³-hybridized carbons (Fsp3) is 0.459. The van der Waals surface area contributed by atoms with Gasteiger partial charge in [-0.1, -0.05) is 12.5 Å². The number of nitrogens with zero attached hydrogens (tertiary/aromatic N) is 2. The average Bonchev–Trinajstić information content (AvgIpc) is 3.82. The van der Waals surface area contributed by atoms with Crippen LogP contribution >= 0.6 is 11.3 Å². The maximum Gasteiger partial charge on any atom is 0.161 e. The van der Waals surface area contributed by atoms with Gasteiger partial charge in [-0.05, 0) is 154 Å². The number of benzene rings is 3. The van der Waals surface area contributed by atoms with Crippen LogP contribution in [0.2, 0.25) is 0 Å². The Morgan fingerprint density at radius 3 is 2.36 bits per heavy atom. The van der Waals surface area contributed by atoms with Gasteiger partial charge in [-0.15, -0.1) is 11.3 Å². The van der Waals surface area contributed by atoms with E-state index in [1.807, 2.05) is 24.3 Å². The summed E-state index contributed by atoms with van der Waals surface area (Å²) in [4.78, 5) is 6.24. The summed E-state index contributed by atoms with van der Waals surface area (Å²) in [6, 6.07) is 20.4. The summed E-state index contributed by atoms with van der Waals surface area (Å²) in [6.45, 7) is 6.37. The van der Waals surface area contributed by atoms with Gasteiger partial charge in [0.1, 0.15) is 24.2 Å². The van der Waals surface area contributed by atoms with Gasteiger partial charge in [-0.3, -0.25) is 9.80 Å². The van der Waals surface area contributed by atoms with E-state index >= 15 is 0 Å². The molecule has 7 rings (SSSR count). The van der Waals surface area contributed by atoms with E-state index in [1.54, 1.807) is 17.4 Å². The Hall–Kier alpha value is -3.26. The molecule has 2 aliphatic heterocycles. The number of phenols is 2. The van der Waals surface area contributed by atoms with Crippen LogP contribution < -0.4 is 9.47 Å². The highest BCUT2D eigenvalue weighted by Gasteiger charge is 2.33. The van der Waals surface area contributed by atoms with Gasteiger partial charge in [-0.25, -0.2) is 0 Å². The number of likely N-dealkylation sites (tertiary alicyclic amines) is 2. The second-order valence-corrected chi connectivity index (χ2v) is 13.8. The summed E-state index contributed by atoms with van der Waals surface area (Å²) in [7, 11) is 0. The Morgan fingerprint density at radius 2 is 1.57 bits per heavy atom. The summed E-state index contributed by atoms with van der Waals surface area (Å²) < 4.78 is 13.6. The van der Waals surface area contributed by atoms with Gasteiger partial charge >= 0.3 is 0 Å². The smallest absolute Gasteiger partial charge is 0.161 e. The van der Waals surface area contributed by atoms with Crippen LogP contribution in [0.25, 0.3) is 20.5 Å². The van der Waals surface area contributed by atoms with E-state index in [1.165, 1.54) is 81.6 Å². The Bertz CT molecular complexity index is 1560. The fourth-order valence-electron chi connectivity index (χ4n) is 7.39. The summed E-state index contributed by atoms with van der Waals surface area (Å²) in [6.07, 6.45) is 10.6. The third-order valence-electron chi connectivity index (χ3n) is 9.73. The van der Waals surface area contributed by atoms with Crippen LogP contribution in [0, 0.1) is 0 Å². The second-order valence-electron chi connectivity index (χ2n) is 12.7. The minimum atomic E-state index is 0.130. The molecular formula is C37H44N2O4S. The van der Waals surface area contributed by atoms with Crippen LogP contribution in [0.15, 0.2) is 60.7 Å². The summed E-state index contributed by atoms with van der Waals surface area (Å²) in [5, 5.41) is 22.5. The van der Waals surface area contributed by atoms with Crippen molar-refractivity contribution in [2.45, 2.75) is 69.9 Å². The molecule has 7 heteroatoms. The fourth-order valence-corrected chi connectivity index (χ4v) is 8.65. The first kappa shape index (κ1) is 29.5. The largest absolute Gasteiger partial charge is 0.508 e. The van der Waals surface area contributed by atoms with Gasteiger partial charge in [0.2, 0.25) is 0 Å². The van der Waals surface area contributed by atoms with Gasteiger partial charge in [0.25, 0.3) is 0 Å². The lowest BCUT2D eigenvalue weighted by molar-refractivity contribution is 0.0468. The van der Waals surface area contributed by atoms with Gasteiger partial charge in [0.05, 0.1) is 0 Å². The van der Waals surface area contributed by atoms with Crippen molar-refractivity contribution in [3.63, 3.8) is 0 Å². The van der Waals surface area contributed by atoms with Crippen LogP contribution in [0.5, 0.6) is 23.0 Å². The zero-order chi connectivity index (χ0) is 29.9. The molecule has 2 atom stereocenters. The number of phenolic OH excluding ortho intramolecular Hbond substituents is 2. The summed E-state index contributed by atoms with van der Waals surface area (Å²) in [5.74, 6) is 1.96. The third kappa shape index (κ3) is 6.56. The number of thiophene rings is 1. The van der Waals surface area contributed by atoms with Crippen LogP contribution in [-0.2, 0) is 6.42 Å². The molecule has 44 heavy (non-hydrogen) atoms. The zero-order valence-corrected chi connectivity index (χ0v) is 26.4. The molecule has 3 aliphatic rings. The highest BCUT2D eigenvalue weighted by Crippen LogP contribution is 2.42. The maximum atomic E-state index is 11.1. The molecule has 0 bridgehead atoms. The van der Waals surface area contributed by atoms with Crippen molar-refractivity contribution in [2.24, 2.45) is 0 Å². The number of ether oxygens (including phenoxy) is 2. The molecule has 2 saturated heterocycles. The molecule has 2 N–H and O–H groups in total. The highest BCUT2D eigenvalue weighted by atomic mass is 32.1. The molecule has 2 unspecified atom stereocenters. The van der Waals surface area contributed by atoms with Crippen molar-refractivity contribution in [1.29, 1.82) is 0 Å². The van der Waals surface area contributed by atoms with E-state index in [0.29, 0.717) is 24.8 Å². The van der Waals surface area contributed by atoms with E-state index in [-0.39, 0.29) is 17.6 Å². The molecule has 6 nitrogen and oxygen atoms in total. The minimum absolute atomic E-state index is 0.130. The molecule has 0 radical (unpaired) electrons. The number of hydrogen-bond acceptors (Lipinski definition) is 7. The standard InChI is InChI=1S/C37H44N2O4S/c40-28-12-15-30-31(37(44-36(30)25-28)27-10-13-29(14-11-27)42-22-21-38-17-3-4-18-38)23-26-9-16-35(33(41)24-26)43-34-8-2-1-7-32(34)39-19-5-6-20-39/h9-16,24-25,32,34,40-41H,1-8,17-23H2. The molecular weight excluding hydrogens is 568 g/mol. The molecule has 0 amide bonds. The van der Waals surface area contributed by atoms with Gasteiger partial charge in [0.15, 0.2) is 11.5 Å². The lowest BCUT2D eigenvalue weighted by Gasteiger charge is -2.37. The van der Waals surface area contributed by atoms with Crippen LogP contribution in [0.1, 0.15) is 62.5 Å². The molecule has 0 spiro atoms. The van der Waals surface area contributed by atoms with E-state index in [9.17, 15) is 10.2 Å². The zero-order valence-electron chi connectivity index (χ0n) is 25.5. The number of fused-ring (bicyclic) bond motifs is 1. The van der Waals surface area contributed by atoms with E-state index < -0.39 is 0 Å². The molecule has 232 valence electrons. The van der Waals surface area contributed by atoms with Gasteiger partial charge < -0.3 is 19.7 Å². The average molecular weight is 613 g/mol. The van der Waals surface area contributed by atoms with Crippen molar-refractivity contribution in [3.8, 4) is 33.4 Å². The first-order valence-electron chi connectivity index (χ1n) is 16.5. The minimum Gasteiger partial charge on any atom is -0.508 e. The Labute approximate surface area is 264 Å². The SMILES string of the molecule is Oc1ccc2c(Cc3ccc(OC4CCCCC4N4CCCC4)c(O)c3)c(-c3ccc(OCCN4CCCC4)cc3)sc2c1. The number of aromatic hydroxyl groups is 2. The lowest BCUT2D eigenvalue weighted by Crippen LogP contribution is -2.46. The summed E-state index contributed by atoms with van der Waals surface area (Å²) >= 11 is 1.69. The first-order valence-corrected chi connectivity index (χ1v) is 17.3. The predicted molar refractivity (Wildman–Crippen MR) is 178 cm³/mol. The molecule has 1 aliphatic carbocycles. The van der Waals surface area contributed by atoms with Crippen LogP contribution in [-0.4, -0.2) is 71.5 Å². The van der Waals surface area contributed by atoms with Crippen LogP contribution in [0.3, 0.4) is 0 Å². The molecule has 3 heterocycles. The van der Waals surface area contributed by atoms with E-state index in [2.05, 4.69) is 40.1 Å². The molecule has 3 aromatic carbocycles. The maximum absolute atomic E-state index is 11.1. The molecule has 1 aromatic heterocycles. The first-order chi connectivity index (χ1) is 21.6. The van der Waals surface area contributed by atoms with Crippen molar-refractivity contribution in [1.82, 2.24) is 9.80 Å². The van der Waals surface area contributed by atoms with Crippen molar-refractivity contribution < 1.29 is 19.7 Å². The van der Waals surface area contributed by atoms with Crippen LogP contribution in [0.4, 0.5) is 0 Å². The third-order valence-corrected chi connectivity index (χ3v) is 11.0. The van der Waals surface area contributed by atoms with E-state index in [0.717, 1.165) is 39.9 Å². The van der Waals surface area contributed by atoms with Crippen molar-refractivity contribution in [2.75, 3.05) is 39.3 Å². The molecule has 1 saturated carbocycles. The highest BCUT2D eigenvalue weighted by molar-refractivity contribution is 7.22. The quantitative estimate of drug-likeness (QED) is 0.190. The second kappa shape index (κ2) is 13.4. The van der Waals surface area contributed by atoms with Crippen molar-refractivity contribution >= 4 is 21.4 Å². The van der Waals surface area contributed by atoms with Gasteiger partial charge in [0, 0.05) is 22.2 Å². The predicted octanol–water partition coefficient (Wildman–Crippen LogP) is 7.83. The number of hydrogen-bond donors (Lipinski definition) is 2. The van der Waals surface area contributed by atoms with E-state index in [4.69, 9.17) is 9.47 Å². The molecule has 3 fully saturated rings. The number of rotatable bonds is 10. The topological polar surface area (TPSA) is 65.4 Å².